The Bertz CT molecular complexity index is 191. The summed E-state index contributed by atoms with van der Waals surface area (Å²) in [4.78, 5) is 13.7. The number of hydrogen-bond acceptors (Lipinski definition) is 3. The summed E-state index contributed by atoms with van der Waals surface area (Å²) in [5.74, 6) is 2.55. The van der Waals surface area contributed by atoms with Gasteiger partial charge in [0.25, 0.3) is 0 Å². The van der Waals surface area contributed by atoms with E-state index < -0.39 is 0 Å². The number of thioether (sulfide) groups is 1. The van der Waals surface area contributed by atoms with Crippen LogP contribution in [0, 0.1) is 0 Å². The van der Waals surface area contributed by atoms with Crippen LogP contribution in [0.25, 0.3) is 0 Å². The molecular weight excluding hydrogens is 208 g/mol. The summed E-state index contributed by atoms with van der Waals surface area (Å²) >= 11 is 1.94. The van der Waals surface area contributed by atoms with Crippen LogP contribution in [0.15, 0.2) is 0 Å². The van der Waals surface area contributed by atoms with Crippen molar-refractivity contribution in [1.82, 2.24) is 10.2 Å². The smallest absolute Gasteiger partial charge is 0.222 e. The fourth-order valence-electron chi connectivity index (χ4n) is 1.60. The summed E-state index contributed by atoms with van der Waals surface area (Å²) < 4.78 is 0. The molecule has 0 aliphatic carbocycles. The molecule has 1 fully saturated rings. The number of carbonyl (C=O) groups excluding carboxylic acids is 1. The normalized spacial score (nSPS) is 17.1. The van der Waals surface area contributed by atoms with Gasteiger partial charge in [0.1, 0.15) is 0 Å². The molecule has 0 spiro atoms. The van der Waals surface area contributed by atoms with Crippen LogP contribution in [-0.4, -0.2) is 48.0 Å². The van der Waals surface area contributed by atoms with Crippen molar-refractivity contribution < 1.29 is 4.79 Å². The Balaban J connectivity index is 2.07. The van der Waals surface area contributed by atoms with E-state index in [9.17, 15) is 4.79 Å². The van der Waals surface area contributed by atoms with Crippen LogP contribution >= 0.6 is 11.8 Å². The lowest BCUT2D eigenvalue weighted by Gasteiger charge is -2.26. The molecular formula is C11H22N2OS. The zero-order chi connectivity index (χ0) is 11.1. The number of hydrogen-bond donors (Lipinski definition) is 1. The lowest BCUT2D eigenvalue weighted by atomic mass is 10.2. The van der Waals surface area contributed by atoms with Crippen molar-refractivity contribution in [3.05, 3.63) is 0 Å². The van der Waals surface area contributed by atoms with E-state index in [1.165, 1.54) is 0 Å². The minimum Gasteiger partial charge on any atom is -0.341 e. The first-order valence-corrected chi connectivity index (χ1v) is 6.94. The van der Waals surface area contributed by atoms with Crippen molar-refractivity contribution in [3.8, 4) is 0 Å². The molecule has 1 heterocycles. The molecule has 0 aromatic carbocycles. The molecule has 15 heavy (non-hydrogen) atoms. The average molecular weight is 230 g/mol. The number of rotatable bonds is 5. The van der Waals surface area contributed by atoms with Gasteiger partial charge in [0.2, 0.25) is 5.91 Å². The molecule has 88 valence electrons. The third-order valence-electron chi connectivity index (χ3n) is 2.48. The fraction of sp³-hybridized carbons (Fsp3) is 0.909. The Hall–Kier alpha value is -0.220. The maximum Gasteiger partial charge on any atom is 0.222 e. The van der Waals surface area contributed by atoms with Gasteiger partial charge in [-0.05, 0) is 13.0 Å². The Morgan fingerprint density at radius 1 is 1.40 bits per heavy atom. The van der Waals surface area contributed by atoms with Crippen LogP contribution in [-0.2, 0) is 4.79 Å². The predicted octanol–water partition coefficient (Wildman–Crippen LogP) is 1.34. The van der Waals surface area contributed by atoms with E-state index in [0.717, 1.165) is 37.6 Å². The molecule has 1 saturated heterocycles. The van der Waals surface area contributed by atoms with Crippen LogP contribution in [0.5, 0.6) is 0 Å². The number of nitrogens with one attached hydrogen (secondary N) is 1. The third-order valence-corrected chi connectivity index (χ3v) is 3.43. The lowest BCUT2D eigenvalue weighted by Crippen LogP contribution is -2.38. The highest BCUT2D eigenvalue weighted by molar-refractivity contribution is 7.99. The first-order valence-electron chi connectivity index (χ1n) is 5.79. The van der Waals surface area contributed by atoms with Gasteiger partial charge in [0, 0.05) is 37.1 Å². The van der Waals surface area contributed by atoms with Crippen molar-refractivity contribution in [1.29, 1.82) is 0 Å². The number of nitrogens with zero attached hydrogens (tertiary/aromatic N) is 1. The highest BCUT2D eigenvalue weighted by atomic mass is 32.2. The molecule has 1 aliphatic heterocycles. The third kappa shape index (κ3) is 5.42. The zero-order valence-corrected chi connectivity index (χ0v) is 10.6. The number of amides is 1. The Morgan fingerprint density at radius 2 is 2.07 bits per heavy atom. The van der Waals surface area contributed by atoms with Crippen molar-refractivity contribution in [2.45, 2.75) is 32.7 Å². The van der Waals surface area contributed by atoms with Crippen LogP contribution < -0.4 is 5.32 Å². The maximum absolute atomic E-state index is 11.7. The second-order valence-electron chi connectivity index (χ2n) is 4.21. The van der Waals surface area contributed by atoms with Crippen LogP contribution in [0.2, 0.25) is 0 Å². The zero-order valence-electron chi connectivity index (χ0n) is 9.79. The molecule has 0 bridgehead atoms. The lowest BCUT2D eigenvalue weighted by molar-refractivity contribution is -0.130. The molecule has 0 saturated carbocycles. The molecule has 1 aliphatic rings. The summed E-state index contributed by atoms with van der Waals surface area (Å²) in [5, 5.41) is 3.33. The van der Waals surface area contributed by atoms with Gasteiger partial charge in [-0.25, -0.2) is 0 Å². The molecule has 3 nitrogen and oxygen atoms in total. The monoisotopic (exact) mass is 230 g/mol. The largest absolute Gasteiger partial charge is 0.341 e. The van der Waals surface area contributed by atoms with Gasteiger partial charge in [0.15, 0.2) is 0 Å². The van der Waals surface area contributed by atoms with Gasteiger partial charge in [-0.1, -0.05) is 13.8 Å². The van der Waals surface area contributed by atoms with E-state index in [1.54, 1.807) is 0 Å². The van der Waals surface area contributed by atoms with Crippen molar-refractivity contribution in [2.75, 3.05) is 31.1 Å². The van der Waals surface area contributed by atoms with Crippen LogP contribution in [0.4, 0.5) is 0 Å². The van der Waals surface area contributed by atoms with Crippen molar-refractivity contribution >= 4 is 17.7 Å². The molecule has 1 amide bonds. The summed E-state index contributed by atoms with van der Waals surface area (Å²) in [5.41, 5.74) is 0. The van der Waals surface area contributed by atoms with E-state index in [2.05, 4.69) is 19.2 Å². The SMILES string of the molecule is CC(C)NCCCC(=O)N1CCSCC1. The molecule has 0 radical (unpaired) electrons. The molecule has 0 unspecified atom stereocenters. The van der Waals surface area contributed by atoms with E-state index >= 15 is 0 Å². The predicted molar refractivity (Wildman–Crippen MR) is 66.3 cm³/mol. The summed E-state index contributed by atoms with van der Waals surface area (Å²) in [6.07, 6.45) is 1.66. The van der Waals surface area contributed by atoms with Crippen LogP contribution in [0.3, 0.4) is 0 Å². The number of carbonyl (C=O) groups is 1. The Morgan fingerprint density at radius 3 is 2.67 bits per heavy atom. The molecule has 4 heteroatoms. The van der Waals surface area contributed by atoms with Gasteiger partial charge in [0.05, 0.1) is 0 Å². The second-order valence-corrected chi connectivity index (χ2v) is 5.43. The van der Waals surface area contributed by atoms with Gasteiger partial charge < -0.3 is 10.2 Å². The fourth-order valence-corrected chi connectivity index (χ4v) is 2.50. The first-order chi connectivity index (χ1) is 7.20. The minimum absolute atomic E-state index is 0.334. The molecule has 0 aromatic heterocycles. The van der Waals surface area contributed by atoms with E-state index in [4.69, 9.17) is 0 Å². The maximum atomic E-state index is 11.7. The summed E-state index contributed by atoms with van der Waals surface area (Å²) in [7, 11) is 0. The molecule has 1 N–H and O–H groups in total. The van der Waals surface area contributed by atoms with E-state index in [0.29, 0.717) is 18.4 Å². The van der Waals surface area contributed by atoms with Crippen molar-refractivity contribution in [3.63, 3.8) is 0 Å². The quantitative estimate of drug-likeness (QED) is 0.723. The Labute approximate surface area is 97.0 Å². The average Bonchev–Trinajstić information content (AvgIpc) is 2.25. The van der Waals surface area contributed by atoms with E-state index in [-0.39, 0.29) is 0 Å². The standard InChI is InChI=1S/C11H22N2OS/c1-10(2)12-5-3-4-11(14)13-6-8-15-9-7-13/h10,12H,3-9H2,1-2H3. The molecule has 1 rings (SSSR count). The van der Waals surface area contributed by atoms with E-state index in [1.807, 2.05) is 16.7 Å². The van der Waals surface area contributed by atoms with Crippen LogP contribution in [0.1, 0.15) is 26.7 Å². The highest BCUT2D eigenvalue weighted by Crippen LogP contribution is 2.10. The summed E-state index contributed by atoms with van der Waals surface area (Å²) in [6, 6.07) is 0.520. The molecule has 0 aromatic rings. The summed E-state index contributed by atoms with van der Waals surface area (Å²) in [6.45, 7) is 7.10. The Kier molecular flexibility index (Phi) is 6.10. The molecule has 0 atom stereocenters. The van der Waals surface area contributed by atoms with Crippen molar-refractivity contribution in [2.24, 2.45) is 0 Å². The first kappa shape index (κ1) is 12.8. The van der Waals surface area contributed by atoms with Gasteiger partial charge >= 0.3 is 0 Å². The van der Waals surface area contributed by atoms with Gasteiger partial charge in [-0.3, -0.25) is 4.79 Å². The minimum atomic E-state index is 0.334. The van der Waals surface area contributed by atoms with Gasteiger partial charge in [-0.2, -0.15) is 11.8 Å². The van der Waals surface area contributed by atoms with Gasteiger partial charge in [-0.15, -0.1) is 0 Å². The topological polar surface area (TPSA) is 32.3 Å². The second kappa shape index (κ2) is 7.12. The highest BCUT2D eigenvalue weighted by Gasteiger charge is 2.15.